The van der Waals surface area contributed by atoms with E-state index in [9.17, 15) is 9.18 Å². The Hall–Kier alpha value is -2.10. The molecule has 1 fully saturated rings. The molecule has 4 heteroatoms. The number of hydrogen-bond acceptors (Lipinski definition) is 2. The summed E-state index contributed by atoms with van der Waals surface area (Å²) in [7, 11) is 0. The van der Waals surface area contributed by atoms with Crippen molar-refractivity contribution in [3.05, 3.63) is 59.8 Å². The third kappa shape index (κ3) is 2.38. The van der Waals surface area contributed by atoms with Crippen LogP contribution in [0.15, 0.2) is 47.3 Å². The van der Waals surface area contributed by atoms with Crippen LogP contribution < -0.4 is 5.32 Å². The SMILES string of the molecule is O=C(NCC1(c2ccc(F)cc2)CC1)c1ccoc1. The summed E-state index contributed by atoms with van der Waals surface area (Å²) in [4.78, 5) is 11.8. The molecule has 3 rings (SSSR count). The van der Waals surface area contributed by atoms with Crippen molar-refractivity contribution >= 4 is 5.91 Å². The van der Waals surface area contributed by atoms with Crippen molar-refractivity contribution in [1.29, 1.82) is 0 Å². The van der Waals surface area contributed by atoms with Gasteiger partial charge in [0.15, 0.2) is 0 Å². The highest BCUT2D eigenvalue weighted by Gasteiger charge is 2.44. The van der Waals surface area contributed by atoms with Crippen LogP contribution in [0.5, 0.6) is 0 Å². The highest BCUT2D eigenvalue weighted by atomic mass is 19.1. The Morgan fingerprint density at radius 2 is 2.00 bits per heavy atom. The second-order valence-corrected chi connectivity index (χ2v) is 4.98. The first-order chi connectivity index (χ1) is 9.20. The minimum Gasteiger partial charge on any atom is -0.472 e. The normalized spacial score (nSPS) is 16.1. The van der Waals surface area contributed by atoms with E-state index in [1.165, 1.54) is 24.7 Å². The number of nitrogens with one attached hydrogen (secondary N) is 1. The minimum absolute atomic E-state index is 0.0207. The number of amides is 1. The molecule has 0 aliphatic heterocycles. The van der Waals surface area contributed by atoms with Crippen molar-refractivity contribution in [2.45, 2.75) is 18.3 Å². The summed E-state index contributed by atoms with van der Waals surface area (Å²) in [5.41, 5.74) is 1.59. The third-order valence-electron chi connectivity index (χ3n) is 3.68. The maximum absolute atomic E-state index is 12.9. The Morgan fingerprint density at radius 1 is 1.26 bits per heavy atom. The minimum atomic E-state index is -0.234. The van der Waals surface area contributed by atoms with Crippen molar-refractivity contribution in [3.8, 4) is 0 Å². The Kier molecular flexibility index (Phi) is 2.85. The first-order valence-electron chi connectivity index (χ1n) is 6.26. The fourth-order valence-corrected chi connectivity index (χ4v) is 2.27. The number of benzene rings is 1. The summed E-state index contributed by atoms with van der Waals surface area (Å²) >= 11 is 0. The molecule has 0 atom stereocenters. The van der Waals surface area contributed by atoms with E-state index in [1.807, 2.05) is 0 Å². The fourth-order valence-electron chi connectivity index (χ4n) is 2.27. The maximum Gasteiger partial charge on any atom is 0.254 e. The van der Waals surface area contributed by atoms with Gasteiger partial charge in [0.1, 0.15) is 12.1 Å². The number of hydrogen-bond donors (Lipinski definition) is 1. The Balaban J connectivity index is 1.66. The topological polar surface area (TPSA) is 42.2 Å². The predicted molar refractivity (Wildman–Crippen MR) is 68.4 cm³/mol. The van der Waals surface area contributed by atoms with E-state index >= 15 is 0 Å². The lowest BCUT2D eigenvalue weighted by Crippen LogP contribution is -2.32. The summed E-state index contributed by atoms with van der Waals surface area (Å²) in [5.74, 6) is -0.371. The zero-order valence-electron chi connectivity index (χ0n) is 10.4. The van der Waals surface area contributed by atoms with E-state index in [2.05, 4.69) is 5.32 Å². The zero-order chi connectivity index (χ0) is 13.3. The second-order valence-electron chi connectivity index (χ2n) is 4.98. The van der Waals surface area contributed by atoms with Crippen LogP contribution in [0.25, 0.3) is 0 Å². The molecule has 3 nitrogen and oxygen atoms in total. The van der Waals surface area contributed by atoms with Crippen molar-refractivity contribution in [2.75, 3.05) is 6.54 Å². The van der Waals surface area contributed by atoms with Gasteiger partial charge in [0.2, 0.25) is 0 Å². The van der Waals surface area contributed by atoms with Gasteiger partial charge in [-0.1, -0.05) is 12.1 Å². The average molecular weight is 259 g/mol. The van der Waals surface area contributed by atoms with Gasteiger partial charge >= 0.3 is 0 Å². The third-order valence-corrected chi connectivity index (χ3v) is 3.68. The standard InChI is InChI=1S/C15H14FNO2/c16-13-3-1-12(2-4-13)15(6-7-15)10-17-14(18)11-5-8-19-9-11/h1-5,8-9H,6-7,10H2,(H,17,18). The molecular weight excluding hydrogens is 245 g/mol. The van der Waals surface area contributed by atoms with Crippen molar-refractivity contribution in [1.82, 2.24) is 5.32 Å². The smallest absolute Gasteiger partial charge is 0.254 e. The molecule has 0 unspecified atom stereocenters. The maximum atomic E-state index is 12.9. The van der Waals surface area contributed by atoms with Gasteiger partial charge in [-0.25, -0.2) is 4.39 Å². The number of carbonyl (C=O) groups is 1. The molecule has 1 N–H and O–H groups in total. The summed E-state index contributed by atoms with van der Waals surface area (Å²) in [6.45, 7) is 0.572. The van der Waals surface area contributed by atoms with Gasteiger partial charge in [-0.15, -0.1) is 0 Å². The Morgan fingerprint density at radius 3 is 2.58 bits per heavy atom. The van der Waals surface area contributed by atoms with Crippen LogP contribution in [0.4, 0.5) is 4.39 Å². The van der Waals surface area contributed by atoms with Gasteiger partial charge in [-0.3, -0.25) is 4.79 Å². The molecule has 0 bridgehead atoms. The lowest BCUT2D eigenvalue weighted by molar-refractivity contribution is 0.0949. The molecule has 0 spiro atoms. The van der Waals surface area contributed by atoms with Crippen LogP contribution in [0.1, 0.15) is 28.8 Å². The Bertz CT molecular complexity index is 571. The van der Waals surface area contributed by atoms with E-state index in [1.54, 1.807) is 18.2 Å². The first kappa shape index (κ1) is 12.0. The van der Waals surface area contributed by atoms with Crippen molar-refractivity contribution in [3.63, 3.8) is 0 Å². The molecule has 2 aromatic rings. The molecule has 0 saturated heterocycles. The van der Waals surface area contributed by atoms with Gasteiger partial charge in [-0.05, 0) is 36.6 Å². The second kappa shape index (κ2) is 4.53. The van der Waals surface area contributed by atoms with Crippen LogP contribution in [0.3, 0.4) is 0 Å². The fraction of sp³-hybridized carbons (Fsp3) is 0.267. The van der Waals surface area contributed by atoms with Gasteiger partial charge in [0, 0.05) is 12.0 Å². The van der Waals surface area contributed by atoms with Crippen LogP contribution in [-0.4, -0.2) is 12.5 Å². The highest BCUT2D eigenvalue weighted by Crippen LogP contribution is 2.47. The van der Waals surface area contributed by atoms with E-state index < -0.39 is 0 Å². The summed E-state index contributed by atoms with van der Waals surface area (Å²) in [5, 5.41) is 2.91. The zero-order valence-corrected chi connectivity index (χ0v) is 10.4. The highest BCUT2D eigenvalue weighted by molar-refractivity contribution is 5.93. The monoisotopic (exact) mass is 259 g/mol. The molecule has 1 aromatic carbocycles. The van der Waals surface area contributed by atoms with Crippen LogP contribution in [-0.2, 0) is 5.41 Å². The van der Waals surface area contributed by atoms with E-state index in [-0.39, 0.29) is 17.1 Å². The molecule has 98 valence electrons. The van der Waals surface area contributed by atoms with Crippen LogP contribution in [0, 0.1) is 5.82 Å². The van der Waals surface area contributed by atoms with E-state index in [0.717, 1.165) is 18.4 Å². The molecule has 19 heavy (non-hydrogen) atoms. The van der Waals surface area contributed by atoms with Crippen LogP contribution >= 0.6 is 0 Å². The molecule has 1 heterocycles. The summed E-state index contributed by atoms with van der Waals surface area (Å²) in [6.07, 6.45) is 4.93. The van der Waals surface area contributed by atoms with Crippen LogP contribution in [0.2, 0.25) is 0 Å². The Labute approximate surface area is 110 Å². The first-order valence-corrected chi connectivity index (χ1v) is 6.26. The lowest BCUT2D eigenvalue weighted by atomic mass is 9.96. The van der Waals surface area contributed by atoms with E-state index in [4.69, 9.17) is 4.42 Å². The number of halogens is 1. The number of furan rings is 1. The van der Waals surface area contributed by atoms with Gasteiger partial charge in [0.05, 0.1) is 11.8 Å². The molecular formula is C15H14FNO2. The van der Waals surface area contributed by atoms with Gasteiger partial charge in [0.25, 0.3) is 5.91 Å². The molecule has 1 aliphatic rings. The average Bonchev–Trinajstić information content (AvgIpc) is 3.01. The number of carbonyl (C=O) groups excluding carboxylic acids is 1. The summed E-state index contributed by atoms with van der Waals surface area (Å²) in [6, 6.07) is 8.16. The lowest BCUT2D eigenvalue weighted by Gasteiger charge is -2.16. The van der Waals surface area contributed by atoms with Crippen molar-refractivity contribution in [2.24, 2.45) is 0 Å². The predicted octanol–water partition coefficient (Wildman–Crippen LogP) is 2.88. The molecule has 0 radical (unpaired) electrons. The molecule has 1 aromatic heterocycles. The van der Waals surface area contributed by atoms with E-state index in [0.29, 0.717) is 12.1 Å². The summed E-state index contributed by atoms with van der Waals surface area (Å²) < 4.78 is 17.8. The van der Waals surface area contributed by atoms with Crippen molar-refractivity contribution < 1.29 is 13.6 Å². The largest absolute Gasteiger partial charge is 0.472 e. The number of rotatable bonds is 4. The van der Waals surface area contributed by atoms with Gasteiger partial charge < -0.3 is 9.73 Å². The quantitative estimate of drug-likeness (QED) is 0.917. The molecule has 1 amide bonds. The molecule has 1 aliphatic carbocycles. The van der Waals surface area contributed by atoms with Gasteiger partial charge in [-0.2, -0.15) is 0 Å². The molecule has 1 saturated carbocycles.